The van der Waals surface area contributed by atoms with Crippen molar-refractivity contribution in [2.75, 3.05) is 13.1 Å². The third kappa shape index (κ3) is 3.25. The summed E-state index contributed by atoms with van der Waals surface area (Å²) in [4.78, 5) is 2.46. The Labute approximate surface area is 88.3 Å². The average molecular weight is 199 g/mol. The van der Waals surface area contributed by atoms with Crippen LogP contribution in [0.3, 0.4) is 0 Å². The van der Waals surface area contributed by atoms with Crippen molar-refractivity contribution in [1.82, 2.24) is 4.90 Å². The molecule has 1 atom stereocenters. The van der Waals surface area contributed by atoms with Crippen molar-refractivity contribution < 1.29 is 5.11 Å². The molecule has 2 heteroatoms. The topological polar surface area (TPSA) is 23.5 Å². The predicted octanol–water partition coefficient (Wildman–Crippen LogP) is 2.27. The highest BCUT2D eigenvalue weighted by atomic mass is 16.3. The van der Waals surface area contributed by atoms with Gasteiger partial charge in [-0.25, -0.2) is 0 Å². The van der Waals surface area contributed by atoms with Crippen LogP contribution in [0.25, 0.3) is 0 Å². The molecule has 14 heavy (non-hydrogen) atoms. The number of hydrogen-bond acceptors (Lipinski definition) is 2. The van der Waals surface area contributed by atoms with Crippen molar-refractivity contribution in [2.45, 2.75) is 58.6 Å². The van der Waals surface area contributed by atoms with Gasteiger partial charge in [0.1, 0.15) is 0 Å². The summed E-state index contributed by atoms with van der Waals surface area (Å²) in [6.45, 7) is 10.3. The van der Waals surface area contributed by atoms with Gasteiger partial charge in [-0.2, -0.15) is 0 Å². The SMILES string of the molecule is CCCN(CC(C)(O)C(C)C)C1CC1. The first-order valence-electron chi connectivity index (χ1n) is 5.93. The minimum atomic E-state index is -0.530. The van der Waals surface area contributed by atoms with Gasteiger partial charge in [-0.3, -0.25) is 4.90 Å². The van der Waals surface area contributed by atoms with E-state index in [1.165, 1.54) is 19.3 Å². The largest absolute Gasteiger partial charge is 0.389 e. The number of hydrogen-bond donors (Lipinski definition) is 1. The molecule has 0 aromatic rings. The van der Waals surface area contributed by atoms with Gasteiger partial charge in [0.15, 0.2) is 0 Å². The van der Waals surface area contributed by atoms with Crippen LogP contribution in [0.1, 0.15) is 47.0 Å². The maximum Gasteiger partial charge on any atom is 0.0768 e. The molecular weight excluding hydrogens is 174 g/mol. The van der Waals surface area contributed by atoms with E-state index in [0.717, 1.165) is 19.1 Å². The molecule has 1 N–H and O–H groups in total. The van der Waals surface area contributed by atoms with Gasteiger partial charge in [-0.15, -0.1) is 0 Å². The average Bonchev–Trinajstić information content (AvgIpc) is 2.85. The number of nitrogens with zero attached hydrogens (tertiary/aromatic N) is 1. The lowest BCUT2D eigenvalue weighted by Crippen LogP contribution is -2.45. The van der Waals surface area contributed by atoms with Crippen LogP contribution >= 0.6 is 0 Å². The second kappa shape index (κ2) is 4.63. The van der Waals surface area contributed by atoms with Gasteiger partial charge in [0, 0.05) is 12.6 Å². The zero-order chi connectivity index (χ0) is 10.8. The third-order valence-electron chi connectivity index (χ3n) is 3.34. The van der Waals surface area contributed by atoms with Gasteiger partial charge >= 0.3 is 0 Å². The summed E-state index contributed by atoms with van der Waals surface area (Å²) in [7, 11) is 0. The Kier molecular flexibility index (Phi) is 3.96. The molecule has 0 heterocycles. The highest BCUT2D eigenvalue weighted by Crippen LogP contribution is 2.29. The van der Waals surface area contributed by atoms with Crippen molar-refractivity contribution in [3.8, 4) is 0 Å². The summed E-state index contributed by atoms with van der Waals surface area (Å²) in [5, 5.41) is 10.2. The Morgan fingerprint density at radius 2 is 2.00 bits per heavy atom. The predicted molar refractivity (Wildman–Crippen MR) is 60.3 cm³/mol. The van der Waals surface area contributed by atoms with E-state index in [2.05, 4.69) is 25.7 Å². The van der Waals surface area contributed by atoms with Crippen LogP contribution in [0, 0.1) is 5.92 Å². The zero-order valence-electron chi connectivity index (χ0n) is 10.1. The van der Waals surface area contributed by atoms with E-state index in [9.17, 15) is 5.11 Å². The van der Waals surface area contributed by atoms with E-state index in [0.29, 0.717) is 5.92 Å². The highest BCUT2D eigenvalue weighted by Gasteiger charge is 2.34. The second-order valence-electron chi connectivity index (χ2n) is 5.21. The number of rotatable bonds is 6. The lowest BCUT2D eigenvalue weighted by atomic mass is 9.92. The van der Waals surface area contributed by atoms with E-state index < -0.39 is 5.60 Å². The third-order valence-corrected chi connectivity index (χ3v) is 3.34. The molecule has 0 aromatic heterocycles. The molecule has 1 rings (SSSR count). The molecule has 0 bridgehead atoms. The summed E-state index contributed by atoms with van der Waals surface area (Å²) in [6.07, 6.45) is 3.84. The minimum Gasteiger partial charge on any atom is -0.389 e. The van der Waals surface area contributed by atoms with Gasteiger partial charge in [0.05, 0.1) is 5.60 Å². The fourth-order valence-electron chi connectivity index (χ4n) is 1.71. The summed E-state index contributed by atoms with van der Waals surface area (Å²) >= 11 is 0. The van der Waals surface area contributed by atoms with Gasteiger partial charge in [0.2, 0.25) is 0 Å². The Bertz CT molecular complexity index is 173. The summed E-state index contributed by atoms with van der Waals surface area (Å²) in [6, 6.07) is 0.764. The molecule has 1 fully saturated rings. The molecular formula is C12H25NO. The van der Waals surface area contributed by atoms with Crippen LogP contribution < -0.4 is 0 Å². The quantitative estimate of drug-likeness (QED) is 0.709. The lowest BCUT2D eigenvalue weighted by molar-refractivity contribution is -0.0209. The first-order chi connectivity index (χ1) is 6.47. The Balaban J connectivity index is 2.45. The fourth-order valence-corrected chi connectivity index (χ4v) is 1.71. The van der Waals surface area contributed by atoms with Crippen LogP contribution in [0.4, 0.5) is 0 Å². The zero-order valence-corrected chi connectivity index (χ0v) is 10.1. The molecule has 2 nitrogen and oxygen atoms in total. The fraction of sp³-hybridized carbons (Fsp3) is 1.00. The van der Waals surface area contributed by atoms with E-state index >= 15 is 0 Å². The van der Waals surface area contributed by atoms with Crippen molar-refractivity contribution in [3.63, 3.8) is 0 Å². The van der Waals surface area contributed by atoms with Crippen LogP contribution in [0.2, 0.25) is 0 Å². The van der Waals surface area contributed by atoms with E-state index in [1.807, 2.05) is 6.92 Å². The van der Waals surface area contributed by atoms with E-state index in [4.69, 9.17) is 0 Å². The van der Waals surface area contributed by atoms with Crippen molar-refractivity contribution in [2.24, 2.45) is 5.92 Å². The molecule has 1 unspecified atom stereocenters. The summed E-state index contributed by atoms with van der Waals surface area (Å²) in [5.74, 6) is 0.334. The first-order valence-corrected chi connectivity index (χ1v) is 5.93. The second-order valence-corrected chi connectivity index (χ2v) is 5.21. The molecule has 0 saturated heterocycles. The Hall–Kier alpha value is -0.0800. The molecule has 0 aliphatic heterocycles. The summed E-state index contributed by atoms with van der Waals surface area (Å²) in [5.41, 5.74) is -0.530. The molecule has 0 spiro atoms. The standard InChI is InChI=1S/C12H25NO/c1-5-8-13(11-6-7-11)9-12(4,14)10(2)3/h10-11,14H,5-9H2,1-4H3. The maximum absolute atomic E-state index is 10.2. The molecule has 1 aliphatic carbocycles. The Morgan fingerprint density at radius 3 is 2.36 bits per heavy atom. The van der Waals surface area contributed by atoms with Crippen LogP contribution in [0.5, 0.6) is 0 Å². The van der Waals surface area contributed by atoms with Gasteiger partial charge < -0.3 is 5.11 Å². The monoisotopic (exact) mass is 199 g/mol. The molecule has 0 radical (unpaired) electrons. The van der Waals surface area contributed by atoms with Gasteiger partial charge in [-0.05, 0) is 38.6 Å². The first kappa shape index (κ1) is 12.0. The van der Waals surface area contributed by atoms with Gasteiger partial charge in [0.25, 0.3) is 0 Å². The van der Waals surface area contributed by atoms with Crippen LogP contribution in [-0.2, 0) is 0 Å². The highest BCUT2D eigenvalue weighted by molar-refractivity contribution is 4.89. The molecule has 1 aliphatic rings. The summed E-state index contributed by atoms with van der Waals surface area (Å²) < 4.78 is 0. The van der Waals surface area contributed by atoms with Crippen LogP contribution in [0.15, 0.2) is 0 Å². The van der Waals surface area contributed by atoms with Gasteiger partial charge in [-0.1, -0.05) is 20.8 Å². The van der Waals surface area contributed by atoms with Crippen molar-refractivity contribution >= 4 is 0 Å². The normalized spacial score (nSPS) is 21.6. The smallest absolute Gasteiger partial charge is 0.0768 e. The number of aliphatic hydroxyl groups is 1. The Morgan fingerprint density at radius 1 is 1.43 bits per heavy atom. The van der Waals surface area contributed by atoms with Crippen molar-refractivity contribution in [1.29, 1.82) is 0 Å². The van der Waals surface area contributed by atoms with Crippen molar-refractivity contribution in [3.05, 3.63) is 0 Å². The van der Waals surface area contributed by atoms with E-state index in [1.54, 1.807) is 0 Å². The minimum absolute atomic E-state index is 0.334. The molecule has 84 valence electrons. The molecule has 0 aromatic carbocycles. The molecule has 0 amide bonds. The lowest BCUT2D eigenvalue weighted by Gasteiger charge is -2.34. The molecule has 1 saturated carbocycles. The maximum atomic E-state index is 10.2. The van der Waals surface area contributed by atoms with E-state index in [-0.39, 0.29) is 0 Å². The van der Waals surface area contributed by atoms with Crippen LogP contribution in [-0.4, -0.2) is 34.7 Å².